The first-order chi connectivity index (χ1) is 15.0. The molecule has 1 N–H and O–H groups in total. The molecule has 0 bridgehead atoms. The molecular weight excluding hydrogens is 418 g/mol. The highest BCUT2D eigenvalue weighted by molar-refractivity contribution is 7.89. The van der Waals surface area contributed by atoms with Gasteiger partial charge in [0.1, 0.15) is 5.75 Å². The summed E-state index contributed by atoms with van der Waals surface area (Å²) in [5, 5.41) is 3.44. The fourth-order valence-electron chi connectivity index (χ4n) is 3.95. The largest absolute Gasteiger partial charge is 0.496 e. The van der Waals surface area contributed by atoms with Crippen LogP contribution < -0.4 is 10.1 Å². The van der Waals surface area contributed by atoms with Crippen molar-refractivity contribution in [1.82, 2.24) is 9.21 Å². The van der Waals surface area contributed by atoms with Crippen LogP contribution in [-0.2, 0) is 14.8 Å². The summed E-state index contributed by atoms with van der Waals surface area (Å²) in [4.78, 5) is 15.1. The lowest BCUT2D eigenvalue weighted by atomic mass is 10.1. The predicted octanol–water partition coefficient (Wildman–Crippen LogP) is 2.04. The van der Waals surface area contributed by atoms with Crippen LogP contribution >= 0.6 is 0 Å². The van der Waals surface area contributed by atoms with Crippen molar-refractivity contribution in [2.45, 2.75) is 17.4 Å². The number of nitrogens with one attached hydrogen (secondary N) is 1. The van der Waals surface area contributed by atoms with Crippen LogP contribution in [0.4, 0.5) is 5.69 Å². The molecule has 2 heterocycles. The number of carbonyl (C=O) groups is 1. The number of amides is 1. The number of morpholine rings is 1. The van der Waals surface area contributed by atoms with E-state index in [0.29, 0.717) is 45.1 Å². The number of likely N-dealkylation sites (tertiary alicyclic amines) is 1. The molecule has 166 valence electrons. The highest BCUT2D eigenvalue weighted by atomic mass is 32.2. The molecule has 2 aliphatic heterocycles. The van der Waals surface area contributed by atoms with E-state index >= 15 is 0 Å². The van der Waals surface area contributed by atoms with Crippen molar-refractivity contribution in [3.8, 4) is 5.75 Å². The smallest absolute Gasteiger partial charge is 0.257 e. The molecule has 0 saturated carbocycles. The zero-order valence-electron chi connectivity index (χ0n) is 17.5. The molecule has 0 aliphatic carbocycles. The molecule has 2 saturated heterocycles. The lowest BCUT2D eigenvalue weighted by Crippen LogP contribution is -2.40. The van der Waals surface area contributed by atoms with Crippen molar-refractivity contribution >= 4 is 21.6 Å². The van der Waals surface area contributed by atoms with Gasteiger partial charge in [-0.15, -0.1) is 0 Å². The summed E-state index contributed by atoms with van der Waals surface area (Å²) in [7, 11) is -2.23. The van der Waals surface area contributed by atoms with Crippen LogP contribution in [-0.4, -0.2) is 76.1 Å². The van der Waals surface area contributed by atoms with E-state index in [2.05, 4.69) is 5.32 Å². The molecule has 1 unspecified atom stereocenters. The van der Waals surface area contributed by atoms with E-state index in [1.807, 2.05) is 30.3 Å². The Morgan fingerprint density at radius 3 is 2.55 bits per heavy atom. The third-order valence-corrected chi connectivity index (χ3v) is 7.52. The van der Waals surface area contributed by atoms with Gasteiger partial charge >= 0.3 is 0 Å². The van der Waals surface area contributed by atoms with E-state index in [0.717, 1.165) is 12.1 Å². The Morgan fingerprint density at radius 2 is 1.84 bits per heavy atom. The number of hydrogen-bond acceptors (Lipinski definition) is 6. The van der Waals surface area contributed by atoms with E-state index in [-0.39, 0.29) is 22.4 Å². The number of rotatable bonds is 6. The van der Waals surface area contributed by atoms with E-state index in [1.165, 1.54) is 23.5 Å². The first-order valence-corrected chi connectivity index (χ1v) is 11.8. The van der Waals surface area contributed by atoms with Crippen LogP contribution in [0.25, 0.3) is 0 Å². The van der Waals surface area contributed by atoms with E-state index in [9.17, 15) is 13.2 Å². The van der Waals surface area contributed by atoms with Crippen LogP contribution in [0.3, 0.4) is 0 Å². The highest BCUT2D eigenvalue weighted by Gasteiger charge is 2.31. The molecule has 0 spiro atoms. The number of para-hydroxylation sites is 1. The first kappa shape index (κ1) is 21.6. The topological polar surface area (TPSA) is 88.2 Å². The quantitative estimate of drug-likeness (QED) is 0.732. The van der Waals surface area contributed by atoms with Crippen molar-refractivity contribution < 1.29 is 22.7 Å². The van der Waals surface area contributed by atoms with Gasteiger partial charge in [-0.2, -0.15) is 4.31 Å². The van der Waals surface area contributed by atoms with Gasteiger partial charge in [-0.1, -0.05) is 18.2 Å². The Balaban J connectivity index is 1.53. The van der Waals surface area contributed by atoms with Crippen molar-refractivity contribution in [3.63, 3.8) is 0 Å². The molecule has 1 amide bonds. The maximum absolute atomic E-state index is 13.3. The van der Waals surface area contributed by atoms with Gasteiger partial charge in [0.05, 0.1) is 30.8 Å². The van der Waals surface area contributed by atoms with Crippen LogP contribution in [0.2, 0.25) is 0 Å². The van der Waals surface area contributed by atoms with E-state index in [4.69, 9.17) is 9.47 Å². The molecule has 4 rings (SSSR count). The van der Waals surface area contributed by atoms with Crippen LogP contribution in [0.15, 0.2) is 53.4 Å². The minimum Gasteiger partial charge on any atom is -0.496 e. The van der Waals surface area contributed by atoms with Gasteiger partial charge < -0.3 is 19.7 Å². The van der Waals surface area contributed by atoms with E-state index < -0.39 is 10.0 Å². The number of anilines is 1. The Kier molecular flexibility index (Phi) is 6.45. The van der Waals surface area contributed by atoms with Gasteiger partial charge in [0.2, 0.25) is 10.0 Å². The summed E-state index contributed by atoms with van der Waals surface area (Å²) >= 11 is 0. The Bertz CT molecular complexity index is 1020. The molecule has 0 radical (unpaired) electrons. The van der Waals surface area contributed by atoms with Gasteiger partial charge in [-0.25, -0.2) is 8.42 Å². The van der Waals surface area contributed by atoms with Crippen molar-refractivity contribution in [2.75, 3.05) is 51.8 Å². The summed E-state index contributed by atoms with van der Waals surface area (Å²) in [5.74, 6) is 0.138. The Morgan fingerprint density at radius 1 is 1.10 bits per heavy atom. The SMILES string of the molecule is COc1ccc(S(=O)(=O)N2CCOCC2)cc1C(=O)N1CCC(Nc2ccccc2)C1. The predicted molar refractivity (Wildman–Crippen MR) is 117 cm³/mol. The molecule has 2 aromatic rings. The monoisotopic (exact) mass is 445 g/mol. The van der Waals surface area contributed by atoms with Crippen LogP contribution in [0.1, 0.15) is 16.8 Å². The number of carbonyl (C=O) groups excluding carboxylic acids is 1. The molecule has 9 heteroatoms. The minimum absolute atomic E-state index is 0.0942. The maximum atomic E-state index is 13.3. The summed E-state index contributed by atoms with van der Waals surface area (Å²) in [6, 6.07) is 14.5. The van der Waals surface area contributed by atoms with Crippen molar-refractivity contribution in [3.05, 3.63) is 54.1 Å². The Labute approximate surface area is 182 Å². The molecule has 0 aromatic heterocycles. The van der Waals surface area contributed by atoms with Crippen molar-refractivity contribution in [2.24, 2.45) is 0 Å². The standard InChI is InChI=1S/C22H27N3O5S/c1-29-21-8-7-19(31(27,28)25-11-13-30-14-12-25)15-20(21)22(26)24-10-9-18(16-24)23-17-5-3-2-4-6-17/h2-8,15,18,23H,9-14,16H2,1H3. The third-order valence-electron chi connectivity index (χ3n) is 5.63. The molecule has 1 atom stereocenters. The summed E-state index contributed by atoms with van der Waals surface area (Å²) < 4.78 is 38.1. The second kappa shape index (κ2) is 9.25. The number of nitrogens with zero attached hydrogens (tertiary/aromatic N) is 2. The zero-order chi connectivity index (χ0) is 21.8. The van der Waals surface area contributed by atoms with E-state index in [1.54, 1.807) is 11.0 Å². The van der Waals surface area contributed by atoms with Gasteiger partial charge in [0, 0.05) is 37.9 Å². The number of ether oxygens (including phenoxy) is 2. The molecule has 2 aliphatic rings. The summed E-state index contributed by atoms with van der Waals surface area (Å²) in [5.41, 5.74) is 1.27. The molecular formula is C22H27N3O5S. The number of methoxy groups -OCH3 is 1. The zero-order valence-corrected chi connectivity index (χ0v) is 18.3. The third kappa shape index (κ3) is 4.68. The summed E-state index contributed by atoms with van der Waals surface area (Å²) in [6.07, 6.45) is 0.814. The minimum atomic E-state index is -3.70. The first-order valence-electron chi connectivity index (χ1n) is 10.4. The van der Waals surface area contributed by atoms with Gasteiger partial charge in [-0.3, -0.25) is 4.79 Å². The second-order valence-corrected chi connectivity index (χ2v) is 9.56. The fraction of sp³-hybridized carbons (Fsp3) is 0.409. The fourth-order valence-corrected chi connectivity index (χ4v) is 5.39. The molecule has 8 nitrogen and oxygen atoms in total. The lowest BCUT2D eigenvalue weighted by molar-refractivity contribution is 0.0730. The van der Waals surface area contributed by atoms with Crippen molar-refractivity contribution in [1.29, 1.82) is 0 Å². The van der Waals surface area contributed by atoms with Crippen LogP contribution in [0, 0.1) is 0 Å². The Hall–Kier alpha value is -2.62. The number of hydrogen-bond donors (Lipinski definition) is 1. The normalized spacial score (nSPS) is 19.9. The lowest BCUT2D eigenvalue weighted by Gasteiger charge is -2.26. The van der Waals surface area contributed by atoms with Gasteiger partial charge in [-0.05, 0) is 36.8 Å². The summed E-state index contributed by atoms with van der Waals surface area (Å²) in [6.45, 7) is 2.47. The molecule has 2 fully saturated rings. The maximum Gasteiger partial charge on any atom is 0.257 e. The molecule has 2 aromatic carbocycles. The average Bonchev–Trinajstić information content (AvgIpc) is 3.27. The number of benzene rings is 2. The average molecular weight is 446 g/mol. The highest BCUT2D eigenvalue weighted by Crippen LogP contribution is 2.28. The van der Waals surface area contributed by atoms with Gasteiger partial charge in [0.25, 0.3) is 5.91 Å². The molecule has 31 heavy (non-hydrogen) atoms. The number of sulfonamides is 1. The second-order valence-electron chi connectivity index (χ2n) is 7.63. The van der Waals surface area contributed by atoms with Gasteiger partial charge in [0.15, 0.2) is 0 Å². The van der Waals surface area contributed by atoms with Crippen LogP contribution in [0.5, 0.6) is 5.75 Å².